The summed E-state index contributed by atoms with van der Waals surface area (Å²) in [5.41, 5.74) is 2.34. The highest BCUT2D eigenvalue weighted by Gasteiger charge is 2.00. The predicted molar refractivity (Wildman–Crippen MR) is 55.3 cm³/mol. The van der Waals surface area contributed by atoms with Crippen LogP contribution in [-0.2, 0) is 17.6 Å². The van der Waals surface area contributed by atoms with Crippen LogP contribution in [0.5, 0.6) is 0 Å². The van der Waals surface area contributed by atoms with Crippen molar-refractivity contribution < 1.29 is 4.79 Å². The fourth-order valence-corrected chi connectivity index (χ4v) is 1.26. The molecule has 0 atom stereocenters. The number of benzene rings is 1. The number of hydrogen-bond acceptors (Lipinski definition) is 1. The minimum Gasteiger partial charge on any atom is -0.298 e. The molecule has 2 heteroatoms. The van der Waals surface area contributed by atoms with Crippen molar-refractivity contribution in [2.75, 3.05) is 5.88 Å². The Bertz CT molecular complexity index is 277. The first-order chi connectivity index (χ1) is 6.26. The first-order valence-corrected chi connectivity index (χ1v) is 4.95. The highest BCUT2D eigenvalue weighted by Crippen LogP contribution is 2.06. The topological polar surface area (TPSA) is 17.1 Å². The van der Waals surface area contributed by atoms with Gasteiger partial charge in [0.1, 0.15) is 0 Å². The molecule has 0 amide bonds. The molecule has 0 unspecified atom stereocenters. The van der Waals surface area contributed by atoms with Gasteiger partial charge in [-0.05, 0) is 17.5 Å². The third kappa shape index (κ3) is 3.19. The molecule has 1 nitrogen and oxygen atoms in total. The number of Topliss-reactive ketones (excluding diaryl/α,β-unsaturated/α-hetero) is 1. The average Bonchev–Trinajstić information content (AvgIpc) is 2.19. The third-order valence-electron chi connectivity index (χ3n) is 1.98. The van der Waals surface area contributed by atoms with Crippen LogP contribution in [0, 0.1) is 0 Å². The highest BCUT2D eigenvalue weighted by atomic mass is 35.5. The number of carbonyl (C=O) groups excluding carboxylic acids is 1. The zero-order valence-corrected chi connectivity index (χ0v) is 8.47. The van der Waals surface area contributed by atoms with Gasteiger partial charge in [0.2, 0.25) is 0 Å². The molecule has 0 saturated heterocycles. The first-order valence-electron chi connectivity index (χ1n) is 4.41. The summed E-state index contributed by atoms with van der Waals surface area (Å²) in [6, 6.07) is 8.08. The summed E-state index contributed by atoms with van der Waals surface area (Å²) in [5, 5.41) is 0. The van der Waals surface area contributed by atoms with Crippen molar-refractivity contribution in [3.05, 3.63) is 35.4 Å². The van der Waals surface area contributed by atoms with Crippen LogP contribution in [0.2, 0.25) is 0 Å². The molecule has 0 aliphatic rings. The molecule has 0 bridgehead atoms. The van der Waals surface area contributed by atoms with E-state index in [1.54, 1.807) is 0 Å². The molecule has 0 heterocycles. The fourth-order valence-electron chi connectivity index (χ4n) is 1.17. The molecule has 0 saturated carbocycles. The molecule has 70 valence electrons. The molecule has 0 radical (unpaired) electrons. The summed E-state index contributed by atoms with van der Waals surface area (Å²) in [6.45, 7) is 2.11. The Labute approximate surface area is 83.7 Å². The molecule has 1 aromatic carbocycles. The molecular formula is C11H13ClO. The van der Waals surface area contributed by atoms with Crippen LogP contribution in [-0.4, -0.2) is 11.7 Å². The molecule has 0 fully saturated rings. The SMILES string of the molecule is CCc1ccc(CC(=O)CCl)cc1. The first kappa shape index (κ1) is 10.3. The second kappa shape index (κ2) is 5.03. The van der Waals surface area contributed by atoms with E-state index < -0.39 is 0 Å². The lowest BCUT2D eigenvalue weighted by Crippen LogP contribution is -2.03. The Morgan fingerprint density at radius 3 is 2.23 bits per heavy atom. The number of carbonyl (C=O) groups is 1. The van der Waals surface area contributed by atoms with E-state index in [4.69, 9.17) is 11.6 Å². The monoisotopic (exact) mass is 196 g/mol. The molecule has 0 N–H and O–H groups in total. The van der Waals surface area contributed by atoms with Crippen LogP contribution in [0.25, 0.3) is 0 Å². The molecular weight excluding hydrogens is 184 g/mol. The Balaban J connectivity index is 2.64. The molecule has 0 spiro atoms. The summed E-state index contributed by atoms with van der Waals surface area (Å²) in [7, 11) is 0. The molecule has 0 aliphatic carbocycles. The fraction of sp³-hybridized carbons (Fsp3) is 0.364. The van der Waals surface area contributed by atoms with Crippen LogP contribution in [0.3, 0.4) is 0 Å². The number of halogens is 1. The second-order valence-electron chi connectivity index (χ2n) is 3.02. The molecule has 1 aromatic rings. The van der Waals surface area contributed by atoms with E-state index in [0.29, 0.717) is 6.42 Å². The Morgan fingerprint density at radius 1 is 1.23 bits per heavy atom. The van der Waals surface area contributed by atoms with Crippen molar-refractivity contribution >= 4 is 17.4 Å². The maximum Gasteiger partial charge on any atom is 0.151 e. The van der Waals surface area contributed by atoms with Gasteiger partial charge in [-0.1, -0.05) is 31.2 Å². The summed E-state index contributed by atoms with van der Waals surface area (Å²) >= 11 is 5.41. The van der Waals surface area contributed by atoms with E-state index in [0.717, 1.165) is 12.0 Å². The summed E-state index contributed by atoms with van der Waals surface area (Å²) in [5.74, 6) is 0.182. The molecule has 1 rings (SSSR count). The number of hydrogen-bond donors (Lipinski definition) is 0. The van der Waals surface area contributed by atoms with Crippen molar-refractivity contribution in [3.63, 3.8) is 0 Å². The minimum atomic E-state index is 0.0749. The minimum absolute atomic E-state index is 0.0749. The zero-order valence-electron chi connectivity index (χ0n) is 7.72. The quantitative estimate of drug-likeness (QED) is 0.677. The van der Waals surface area contributed by atoms with Crippen LogP contribution >= 0.6 is 11.6 Å². The van der Waals surface area contributed by atoms with Gasteiger partial charge in [0.05, 0.1) is 5.88 Å². The van der Waals surface area contributed by atoms with Crippen molar-refractivity contribution in [2.45, 2.75) is 19.8 Å². The summed E-state index contributed by atoms with van der Waals surface area (Å²) in [4.78, 5) is 11.0. The van der Waals surface area contributed by atoms with Gasteiger partial charge in [0, 0.05) is 6.42 Å². The Hall–Kier alpha value is -0.820. The van der Waals surface area contributed by atoms with Crippen LogP contribution in [0.4, 0.5) is 0 Å². The Kier molecular flexibility index (Phi) is 3.97. The standard InChI is InChI=1S/C11H13ClO/c1-2-9-3-5-10(6-4-9)7-11(13)8-12/h3-6H,2,7-8H2,1H3. The summed E-state index contributed by atoms with van der Waals surface area (Å²) < 4.78 is 0. The third-order valence-corrected chi connectivity index (χ3v) is 2.28. The van der Waals surface area contributed by atoms with Crippen molar-refractivity contribution in [3.8, 4) is 0 Å². The van der Waals surface area contributed by atoms with Gasteiger partial charge in [-0.25, -0.2) is 0 Å². The van der Waals surface area contributed by atoms with E-state index in [1.807, 2.05) is 12.1 Å². The number of alkyl halides is 1. The lowest BCUT2D eigenvalue weighted by atomic mass is 10.1. The molecule has 0 aliphatic heterocycles. The van der Waals surface area contributed by atoms with Gasteiger partial charge >= 0.3 is 0 Å². The smallest absolute Gasteiger partial charge is 0.151 e. The lowest BCUT2D eigenvalue weighted by molar-refractivity contribution is -0.116. The summed E-state index contributed by atoms with van der Waals surface area (Å²) in [6.07, 6.45) is 1.48. The van der Waals surface area contributed by atoms with Gasteiger partial charge in [-0.15, -0.1) is 11.6 Å². The predicted octanol–water partition coefficient (Wildman–Crippen LogP) is 2.60. The van der Waals surface area contributed by atoms with Crippen LogP contribution in [0.15, 0.2) is 24.3 Å². The number of aryl methyl sites for hydroxylation is 1. The van der Waals surface area contributed by atoms with Gasteiger partial charge < -0.3 is 0 Å². The van der Waals surface area contributed by atoms with Crippen molar-refractivity contribution in [1.82, 2.24) is 0 Å². The highest BCUT2D eigenvalue weighted by molar-refractivity contribution is 6.27. The second-order valence-corrected chi connectivity index (χ2v) is 3.29. The van der Waals surface area contributed by atoms with Crippen molar-refractivity contribution in [1.29, 1.82) is 0 Å². The number of ketones is 1. The molecule has 13 heavy (non-hydrogen) atoms. The lowest BCUT2D eigenvalue weighted by Gasteiger charge is -2.00. The van der Waals surface area contributed by atoms with E-state index >= 15 is 0 Å². The average molecular weight is 197 g/mol. The maximum absolute atomic E-state index is 11.0. The Morgan fingerprint density at radius 2 is 1.77 bits per heavy atom. The van der Waals surface area contributed by atoms with Gasteiger partial charge in [-0.3, -0.25) is 4.79 Å². The van der Waals surface area contributed by atoms with Crippen LogP contribution in [0.1, 0.15) is 18.1 Å². The van der Waals surface area contributed by atoms with Gasteiger partial charge in [0.25, 0.3) is 0 Å². The van der Waals surface area contributed by atoms with E-state index in [-0.39, 0.29) is 11.7 Å². The van der Waals surface area contributed by atoms with Gasteiger partial charge in [-0.2, -0.15) is 0 Å². The molecule has 0 aromatic heterocycles. The van der Waals surface area contributed by atoms with E-state index in [9.17, 15) is 4.79 Å². The van der Waals surface area contributed by atoms with Gasteiger partial charge in [0.15, 0.2) is 5.78 Å². The van der Waals surface area contributed by atoms with E-state index in [1.165, 1.54) is 5.56 Å². The van der Waals surface area contributed by atoms with Crippen LogP contribution < -0.4 is 0 Å². The zero-order chi connectivity index (χ0) is 9.68. The largest absolute Gasteiger partial charge is 0.298 e. The van der Waals surface area contributed by atoms with E-state index in [2.05, 4.69) is 19.1 Å². The normalized spacial score (nSPS) is 10.0. The number of rotatable bonds is 4. The maximum atomic E-state index is 11.0. The van der Waals surface area contributed by atoms with Crippen molar-refractivity contribution in [2.24, 2.45) is 0 Å².